The first-order valence-corrected chi connectivity index (χ1v) is 8.22. The maximum Gasteiger partial charge on any atom is 0.233 e. The summed E-state index contributed by atoms with van der Waals surface area (Å²) >= 11 is 1.52. The van der Waals surface area contributed by atoms with Crippen molar-refractivity contribution in [3.63, 3.8) is 0 Å². The van der Waals surface area contributed by atoms with Crippen LogP contribution < -0.4 is 0 Å². The van der Waals surface area contributed by atoms with Crippen LogP contribution >= 0.6 is 11.8 Å². The molecule has 2 aromatic rings. The highest BCUT2D eigenvalue weighted by Crippen LogP contribution is 2.25. The highest BCUT2D eigenvalue weighted by atomic mass is 32.2. The lowest BCUT2D eigenvalue weighted by Gasteiger charge is -2.14. The van der Waals surface area contributed by atoms with Gasteiger partial charge in [-0.15, -0.1) is 0 Å². The highest BCUT2D eigenvalue weighted by molar-refractivity contribution is 7.99. The van der Waals surface area contributed by atoms with Crippen molar-refractivity contribution in [2.75, 3.05) is 18.8 Å². The Morgan fingerprint density at radius 2 is 1.95 bits per heavy atom. The molecule has 1 fully saturated rings. The van der Waals surface area contributed by atoms with E-state index in [2.05, 4.69) is 21.7 Å². The third-order valence-electron chi connectivity index (χ3n) is 3.80. The van der Waals surface area contributed by atoms with Gasteiger partial charge in [0.25, 0.3) is 0 Å². The van der Waals surface area contributed by atoms with E-state index >= 15 is 0 Å². The van der Waals surface area contributed by atoms with E-state index in [9.17, 15) is 4.79 Å². The standard InChI is InChI=1S/C16H19N3OS/c1-18-14(13-7-3-2-4-8-13)11-17-16(18)21-12-15(20)19-9-5-6-10-19/h2-4,7-8,11H,5-6,9-10,12H2,1H3. The molecule has 1 amide bonds. The van der Waals surface area contributed by atoms with Crippen LogP contribution in [0.3, 0.4) is 0 Å². The first kappa shape index (κ1) is 14.2. The fraction of sp³-hybridized carbons (Fsp3) is 0.375. The lowest BCUT2D eigenvalue weighted by molar-refractivity contribution is -0.127. The lowest BCUT2D eigenvalue weighted by Crippen LogP contribution is -2.29. The fourth-order valence-electron chi connectivity index (χ4n) is 2.59. The molecule has 0 unspecified atom stereocenters. The number of thioether (sulfide) groups is 1. The number of carbonyl (C=O) groups is 1. The SMILES string of the molecule is Cn1c(-c2ccccc2)cnc1SCC(=O)N1CCCC1. The number of carbonyl (C=O) groups excluding carboxylic acids is 1. The van der Waals surface area contributed by atoms with Gasteiger partial charge in [0, 0.05) is 20.1 Å². The first-order chi connectivity index (χ1) is 10.3. The van der Waals surface area contributed by atoms with Gasteiger partial charge in [-0.05, 0) is 18.4 Å². The van der Waals surface area contributed by atoms with Gasteiger partial charge < -0.3 is 9.47 Å². The van der Waals surface area contributed by atoms with Crippen LogP contribution in [0, 0.1) is 0 Å². The van der Waals surface area contributed by atoms with Gasteiger partial charge in [0.05, 0.1) is 17.6 Å². The second-order valence-corrected chi connectivity index (χ2v) is 6.17. The minimum absolute atomic E-state index is 0.224. The molecule has 0 bridgehead atoms. The maximum atomic E-state index is 12.1. The Labute approximate surface area is 129 Å². The summed E-state index contributed by atoms with van der Waals surface area (Å²) in [6.07, 6.45) is 4.14. The second-order valence-electron chi connectivity index (χ2n) is 5.23. The monoisotopic (exact) mass is 301 g/mol. The van der Waals surface area contributed by atoms with E-state index in [-0.39, 0.29) is 5.91 Å². The van der Waals surface area contributed by atoms with E-state index in [1.54, 1.807) is 0 Å². The van der Waals surface area contributed by atoms with Gasteiger partial charge >= 0.3 is 0 Å². The molecule has 0 atom stereocenters. The summed E-state index contributed by atoms with van der Waals surface area (Å²) in [5.41, 5.74) is 2.22. The Morgan fingerprint density at radius 3 is 2.67 bits per heavy atom. The summed E-state index contributed by atoms with van der Waals surface area (Å²) < 4.78 is 2.05. The van der Waals surface area contributed by atoms with Gasteiger partial charge in [0.1, 0.15) is 0 Å². The van der Waals surface area contributed by atoms with Gasteiger partial charge in [0.2, 0.25) is 5.91 Å². The normalized spacial score (nSPS) is 14.6. The molecule has 0 radical (unpaired) electrons. The molecule has 3 rings (SSSR count). The average Bonchev–Trinajstić information content (AvgIpc) is 3.16. The van der Waals surface area contributed by atoms with Gasteiger partial charge in [-0.2, -0.15) is 0 Å². The van der Waals surface area contributed by atoms with Gasteiger partial charge in [-0.25, -0.2) is 4.98 Å². The number of aromatic nitrogens is 2. The molecule has 1 aromatic heterocycles. The minimum Gasteiger partial charge on any atom is -0.342 e. The number of benzene rings is 1. The van der Waals surface area contributed by atoms with Crippen LogP contribution in [0.25, 0.3) is 11.3 Å². The number of likely N-dealkylation sites (tertiary alicyclic amines) is 1. The molecule has 0 aliphatic carbocycles. The Balaban J connectivity index is 1.67. The molecule has 1 saturated heterocycles. The van der Waals surface area contributed by atoms with Crippen molar-refractivity contribution in [3.05, 3.63) is 36.5 Å². The zero-order chi connectivity index (χ0) is 14.7. The third kappa shape index (κ3) is 3.13. The van der Waals surface area contributed by atoms with Gasteiger partial charge in [-0.1, -0.05) is 42.1 Å². The minimum atomic E-state index is 0.224. The molecule has 1 aliphatic rings. The molecule has 0 saturated carbocycles. The van der Waals surface area contributed by atoms with Crippen molar-refractivity contribution in [1.82, 2.24) is 14.5 Å². The summed E-state index contributed by atoms with van der Waals surface area (Å²) in [6.45, 7) is 1.82. The second kappa shape index (κ2) is 6.35. The molecule has 110 valence electrons. The molecule has 0 spiro atoms. The van der Waals surface area contributed by atoms with Crippen LogP contribution in [0.2, 0.25) is 0 Å². The number of hydrogen-bond donors (Lipinski definition) is 0. The molecule has 0 N–H and O–H groups in total. The van der Waals surface area contributed by atoms with Crippen LogP contribution in [0.1, 0.15) is 12.8 Å². The van der Waals surface area contributed by atoms with Crippen molar-refractivity contribution in [3.8, 4) is 11.3 Å². The quantitative estimate of drug-likeness (QED) is 0.815. The zero-order valence-corrected chi connectivity index (χ0v) is 13.0. The van der Waals surface area contributed by atoms with E-state index in [4.69, 9.17) is 0 Å². The van der Waals surface area contributed by atoms with E-state index in [0.717, 1.165) is 42.3 Å². The lowest BCUT2D eigenvalue weighted by atomic mass is 10.2. The number of rotatable bonds is 4. The van der Waals surface area contributed by atoms with Crippen molar-refractivity contribution in [2.45, 2.75) is 18.0 Å². The van der Waals surface area contributed by atoms with Gasteiger partial charge in [0.15, 0.2) is 5.16 Å². The van der Waals surface area contributed by atoms with Crippen molar-refractivity contribution in [1.29, 1.82) is 0 Å². The van der Waals surface area contributed by atoms with Crippen molar-refractivity contribution in [2.24, 2.45) is 7.05 Å². The van der Waals surface area contributed by atoms with Crippen LogP contribution in [-0.2, 0) is 11.8 Å². The molecule has 4 nitrogen and oxygen atoms in total. The largest absolute Gasteiger partial charge is 0.342 e. The maximum absolute atomic E-state index is 12.1. The third-order valence-corrected chi connectivity index (χ3v) is 4.83. The van der Waals surface area contributed by atoms with E-state index in [1.807, 2.05) is 36.3 Å². The van der Waals surface area contributed by atoms with E-state index in [1.165, 1.54) is 11.8 Å². The van der Waals surface area contributed by atoms with Crippen LogP contribution in [-0.4, -0.2) is 39.2 Å². The number of nitrogens with zero attached hydrogens (tertiary/aromatic N) is 3. The Kier molecular flexibility index (Phi) is 4.29. The summed E-state index contributed by atoms with van der Waals surface area (Å²) in [6, 6.07) is 10.2. The molecule has 1 aliphatic heterocycles. The molecule has 5 heteroatoms. The smallest absolute Gasteiger partial charge is 0.233 e. The predicted molar refractivity (Wildman–Crippen MR) is 85.2 cm³/mol. The summed E-state index contributed by atoms with van der Waals surface area (Å²) in [7, 11) is 2.00. The summed E-state index contributed by atoms with van der Waals surface area (Å²) in [5, 5.41) is 0.890. The van der Waals surface area contributed by atoms with E-state index < -0.39 is 0 Å². The zero-order valence-electron chi connectivity index (χ0n) is 12.2. The number of imidazole rings is 1. The topological polar surface area (TPSA) is 38.1 Å². The molecule has 21 heavy (non-hydrogen) atoms. The fourth-order valence-corrected chi connectivity index (χ4v) is 3.44. The van der Waals surface area contributed by atoms with Gasteiger partial charge in [-0.3, -0.25) is 4.79 Å². The van der Waals surface area contributed by atoms with Crippen LogP contribution in [0.5, 0.6) is 0 Å². The Morgan fingerprint density at radius 1 is 1.24 bits per heavy atom. The van der Waals surface area contributed by atoms with Crippen molar-refractivity contribution < 1.29 is 4.79 Å². The first-order valence-electron chi connectivity index (χ1n) is 7.23. The van der Waals surface area contributed by atoms with E-state index in [0.29, 0.717) is 5.75 Å². The van der Waals surface area contributed by atoms with Crippen LogP contribution in [0.4, 0.5) is 0 Å². The average molecular weight is 301 g/mol. The molecular formula is C16H19N3OS. The number of hydrogen-bond acceptors (Lipinski definition) is 3. The summed E-state index contributed by atoms with van der Waals surface area (Å²) in [5.74, 6) is 0.695. The molecular weight excluding hydrogens is 282 g/mol. The highest BCUT2D eigenvalue weighted by Gasteiger charge is 2.19. The predicted octanol–water partition coefficient (Wildman–Crippen LogP) is 2.80. The summed E-state index contributed by atoms with van der Waals surface area (Å²) in [4.78, 5) is 18.5. The van der Waals surface area contributed by atoms with Crippen molar-refractivity contribution >= 4 is 17.7 Å². The van der Waals surface area contributed by atoms with Crippen LogP contribution in [0.15, 0.2) is 41.7 Å². The number of amides is 1. The molecule has 1 aromatic carbocycles. The Hall–Kier alpha value is -1.75. The molecule has 2 heterocycles. The Bertz CT molecular complexity index is 618.